The first-order chi connectivity index (χ1) is 13.1. The molecule has 0 amide bonds. The van der Waals surface area contributed by atoms with E-state index in [0.29, 0.717) is 17.2 Å². The second-order valence-electron chi connectivity index (χ2n) is 5.71. The smallest absolute Gasteiger partial charge is 0.338 e. The molecule has 0 saturated carbocycles. The predicted octanol–water partition coefficient (Wildman–Crippen LogP) is 4.35. The lowest BCUT2D eigenvalue weighted by atomic mass is 10.2. The van der Waals surface area contributed by atoms with Gasteiger partial charge in [0.2, 0.25) is 5.76 Å². The van der Waals surface area contributed by atoms with Crippen LogP contribution in [0, 0.1) is 10.1 Å². The summed E-state index contributed by atoms with van der Waals surface area (Å²) >= 11 is 0. The van der Waals surface area contributed by atoms with Gasteiger partial charge in [0.15, 0.2) is 5.76 Å². The molecular weight excluding hydrogens is 352 g/mol. The molecule has 0 radical (unpaired) electrons. The number of benzene rings is 2. The summed E-state index contributed by atoms with van der Waals surface area (Å²) in [6.07, 6.45) is 0. The summed E-state index contributed by atoms with van der Waals surface area (Å²) in [5.74, 6) is 0.336. The fourth-order valence-electron chi connectivity index (χ4n) is 2.54. The fraction of sp³-hybridized carbons (Fsp3) is 0.0526. The molecule has 0 aliphatic rings. The van der Waals surface area contributed by atoms with Crippen LogP contribution in [0.2, 0.25) is 0 Å². The van der Waals surface area contributed by atoms with Crippen LogP contribution in [0.1, 0.15) is 16.1 Å². The molecule has 2 heterocycles. The molecule has 2 aromatic heterocycles. The van der Waals surface area contributed by atoms with Gasteiger partial charge in [0.25, 0.3) is 5.69 Å². The zero-order valence-electron chi connectivity index (χ0n) is 13.8. The third-order valence-corrected chi connectivity index (χ3v) is 3.89. The Bertz CT molecular complexity index is 1090. The number of aromatic nitrogens is 1. The Kier molecular flexibility index (Phi) is 4.13. The van der Waals surface area contributed by atoms with E-state index in [1.165, 1.54) is 24.3 Å². The molecule has 0 unspecified atom stereocenters. The van der Waals surface area contributed by atoms with Gasteiger partial charge in [-0.1, -0.05) is 23.4 Å². The van der Waals surface area contributed by atoms with Crippen molar-refractivity contribution >= 4 is 22.6 Å². The number of esters is 1. The zero-order chi connectivity index (χ0) is 18.8. The van der Waals surface area contributed by atoms with E-state index in [-0.39, 0.29) is 17.9 Å². The molecule has 4 aromatic rings. The van der Waals surface area contributed by atoms with Crippen LogP contribution in [-0.4, -0.2) is 16.0 Å². The van der Waals surface area contributed by atoms with E-state index in [1.54, 1.807) is 6.07 Å². The van der Waals surface area contributed by atoms with Gasteiger partial charge in [-0.15, -0.1) is 0 Å². The van der Waals surface area contributed by atoms with E-state index in [9.17, 15) is 14.9 Å². The average Bonchev–Trinajstić information content (AvgIpc) is 3.32. The average molecular weight is 364 g/mol. The van der Waals surface area contributed by atoms with Crippen LogP contribution in [0.25, 0.3) is 22.5 Å². The van der Waals surface area contributed by atoms with Gasteiger partial charge in [0.1, 0.15) is 17.9 Å². The number of nitro groups is 1. The van der Waals surface area contributed by atoms with Crippen molar-refractivity contribution < 1.29 is 23.4 Å². The minimum Gasteiger partial charge on any atom is -0.455 e. The topological polar surface area (TPSA) is 109 Å². The maximum atomic E-state index is 12.0. The summed E-state index contributed by atoms with van der Waals surface area (Å²) in [6.45, 7) is -0.0977. The third-order valence-electron chi connectivity index (χ3n) is 3.89. The summed E-state index contributed by atoms with van der Waals surface area (Å²) in [6, 6.07) is 16.2. The fourth-order valence-corrected chi connectivity index (χ4v) is 2.54. The SMILES string of the molecule is O=C(OCc1cc(-c2cc3ccccc3o2)on1)c1ccc([N+](=O)[O-])cc1. The van der Waals surface area contributed by atoms with E-state index in [4.69, 9.17) is 13.7 Å². The van der Waals surface area contributed by atoms with Gasteiger partial charge in [-0.05, 0) is 24.3 Å². The quantitative estimate of drug-likeness (QED) is 0.294. The Balaban J connectivity index is 1.43. The summed E-state index contributed by atoms with van der Waals surface area (Å²) < 4.78 is 16.1. The van der Waals surface area contributed by atoms with Crippen molar-refractivity contribution in [2.24, 2.45) is 0 Å². The Labute approximate surface area is 152 Å². The van der Waals surface area contributed by atoms with Crippen LogP contribution in [0.5, 0.6) is 0 Å². The zero-order valence-corrected chi connectivity index (χ0v) is 13.8. The third kappa shape index (κ3) is 3.40. The number of carbonyl (C=O) groups is 1. The number of nitrogens with zero attached hydrogens (tertiary/aromatic N) is 2. The summed E-state index contributed by atoms with van der Waals surface area (Å²) in [7, 11) is 0. The molecule has 2 aromatic carbocycles. The van der Waals surface area contributed by atoms with Crippen LogP contribution in [0.15, 0.2) is 69.6 Å². The van der Waals surface area contributed by atoms with Gasteiger partial charge in [-0.25, -0.2) is 4.79 Å². The van der Waals surface area contributed by atoms with Crippen molar-refractivity contribution in [3.8, 4) is 11.5 Å². The molecule has 0 saturated heterocycles. The Hall–Kier alpha value is -3.94. The number of para-hydroxylation sites is 1. The van der Waals surface area contributed by atoms with Crippen LogP contribution >= 0.6 is 0 Å². The number of hydrogen-bond acceptors (Lipinski definition) is 7. The first-order valence-electron chi connectivity index (χ1n) is 7.96. The first kappa shape index (κ1) is 16.5. The van der Waals surface area contributed by atoms with Gasteiger partial charge in [-0.2, -0.15) is 0 Å². The molecule has 8 nitrogen and oxygen atoms in total. The molecular formula is C19H12N2O6. The lowest BCUT2D eigenvalue weighted by molar-refractivity contribution is -0.384. The van der Waals surface area contributed by atoms with E-state index < -0.39 is 10.9 Å². The van der Waals surface area contributed by atoms with Crippen molar-refractivity contribution in [1.82, 2.24) is 5.16 Å². The number of fused-ring (bicyclic) bond motifs is 1. The molecule has 4 rings (SSSR count). The molecule has 0 atom stereocenters. The van der Waals surface area contributed by atoms with Crippen molar-refractivity contribution in [3.05, 3.63) is 82.0 Å². The second-order valence-corrected chi connectivity index (χ2v) is 5.71. The Morgan fingerprint density at radius 2 is 1.85 bits per heavy atom. The van der Waals surface area contributed by atoms with Crippen molar-refractivity contribution in [1.29, 1.82) is 0 Å². The number of hydrogen-bond donors (Lipinski definition) is 0. The van der Waals surface area contributed by atoms with Gasteiger partial charge < -0.3 is 13.7 Å². The second kappa shape index (κ2) is 6.75. The Morgan fingerprint density at radius 3 is 2.59 bits per heavy atom. The van der Waals surface area contributed by atoms with E-state index in [0.717, 1.165) is 11.0 Å². The minimum absolute atomic E-state index is 0.0977. The molecule has 0 N–H and O–H groups in total. The lowest BCUT2D eigenvalue weighted by Crippen LogP contribution is -2.05. The minimum atomic E-state index is -0.613. The largest absolute Gasteiger partial charge is 0.455 e. The van der Waals surface area contributed by atoms with Gasteiger partial charge in [-0.3, -0.25) is 10.1 Å². The van der Waals surface area contributed by atoms with Gasteiger partial charge in [0, 0.05) is 23.6 Å². The standard InChI is InChI=1S/C19H12N2O6/c22-19(12-5-7-15(8-6-12)21(23)24)25-11-14-10-18(27-20-14)17-9-13-3-1-2-4-16(13)26-17/h1-10H,11H2. The highest BCUT2D eigenvalue weighted by Crippen LogP contribution is 2.28. The molecule has 0 aliphatic heterocycles. The number of nitro benzene ring substituents is 1. The summed E-state index contributed by atoms with van der Waals surface area (Å²) in [5, 5.41) is 15.4. The highest BCUT2D eigenvalue weighted by Gasteiger charge is 2.15. The van der Waals surface area contributed by atoms with Crippen LogP contribution in [0.3, 0.4) is 0 Å². The van der Waals surface area contributed by atoms with E-state index in [2.05, 4.69) is 5.16 Å². The van der Waals surface area contributed by atoms with E-state index >= 15 is 0 Å². The molecule has 27 heavy (non-hydrogen) atoms. The number of rotatable bonds is 5. The lowest BCUT2D eigenvalue weighted by Gasteiger charge is -2.01. The first-order valence-corrected chi connectivity index (χ1v) is 7.96. The van der Waals surface area contributed by atoms with Crippen LogP contribution in [0.4, 0.5) is 5.69 Å². The number of ether oxygens (including phenoxy) is 1. The predicted molar refractivity (Wildman–Crippen MR) is 93.9 cm³/mol. The maximum Gasteiger partial charge on any atom is 0.338 e. The molecule has 8 heteroatoms. The normalized spacial score (nSPS) is 10.8. The summed E-state index contributed by atoms with van der Waals surface area (Å²) in [5.41, 5.74) is 1.26. The van der Waals surface area contributed by atoms with Crippen molar-refractivity contribution in [2.45, 2.75) is 6.61 Å². The number of carbonyl (C=O) groups excluding carboxylic acids is 1. The monoisotopic (exact) mass is 364 g/mol. The van der Waals surface area contributed by atoms with Gasteiger partial charge in [0.05, 0.1) is 10.5 Å². The van der Waals surface area contributed by atoms with Crippen molar-refractivity contribution in [3.63, 3.8) is 0 Å². The Morgan fingerprint density at radius 1 is 1.07 bits per heavy atom. The maximum absolute atomic E-state index is 12.0. The van der Waals surface area contributed by atoms with Gasteiger partial charge >= 0.3 is 5.97 Å². The highest BCUT2D eigenvalue weighted by atomic mass is 16.6. The van der Waals surface area contributed by atoms with E-state index in [1.807, 2.05) is 30.3 Å². The molecule has 134 valence electrons. The highest BCUT2D eigenvalue weighted by molar-refractivity contribution is 5.89. The number of furan rings is 1. The molecule has 0 spiro atoms. The molecule has 0 fully saturated rings. The molecule has 0 bridgehead atoms. The number of non-ortho nitro benzene ring substituents is 1. The summed E-state index contributed by atoms with van der Waals surface area (Å²) in [4.78, 5) is 22.1. The van der Waals surface area contributed by atoms with Crippen LogP contribution in [-0.2, 0) is 11.3 Å². The van der Waals surface area contributed by atoms with Crippen LogP contribution < -0.4 is 0 Å². The molecule has 0 aliphatic carbocycles. The van der Waals surface area contributed by atoms with Crippen molar-refractivity contribution in [2.75, 3.05) is 0 Å².